The summed E-state index contributed by atoms with van der Waals surface area (Å²) in [6, 6.07) is 0. The summed E-state index contributed by atoms with van der Waals surface area (Å²) in [5.41, 5.74) is -0.0823. The zero-order chi connectivity index (χ0) is 11.8. The number of hydrogen-bond acceptors (Lipinski definition) is 2. The van der Waals surface area contributed by atoms with Gasteiger partial charge >= 0.3 is 0 Å². The van der Waals surface area contributed by atoms with E-state index in [0.29, 0.717) is 5.92 Å². The van der Waals surface area contributed by atoms with Crippen LogP contribution in [0.4, 0.5) is 0 Å². The van der Waals surface area contributed by atoms with Gasteiger partial charge in [-0.15, -0.1) is 0 Å². The second-order valence-electron chi connectivity index (χ2n) is 6.26. The number of hydrogen-bond donors (Lipinski definition) is 1. The van der Waals surface area contributed by atoms with Crippen molar-refractivity contribution in [2.24, 2.45) is 17.8 Å². The van der Waals surface area contributed by atoms with Crippen molar-refractivity contribution < 1.29 is 9.84 Å². The van der Waals surface area contributed by atoms with Crippen LogP contribution in [-0.4, -0.2) is 23.9 Å². The van der Waals surface area contributed by atoms with Crippen molar-refractivity contribution in [3.8, 4) is 0 Å². The van der Waals surface area contributed by atoms with Crippen LogP contribution in [0.2, 0.25) is 0 Å². The Morgan fingerprint density at radius 1 is 1.25 bits per heavy atom. The fraction of sp³-hybridized carbons (Fsp3) is 1.00. The van der Waals surface area contributed by atoms with Crippen LogP contribution in [0.1, 0.15) is 52.4 Å². The summed E-state index contributed by atoms with van der Waals surface area (Å²) in [4.78, 5) is 0. The van der Waals surface area contributed by atoms with Crippen LogP contribution >= 0.6 is 0 Å². The van der Waals surface area contributed by atoms with Crippen LogP contribution in [0, 0.1) is 17.8 Å². The average molecular weight is 226 g/mol. The molecular weight excluding hydrogens is 200 g/mol. The van der Waals surface area contributed by atoms with Crippen molar-refractivity contribution in [1.82, 2.24) is 0 Å². The van der Waals surface area contributed by atoms with E-state index in [1.807, 2.05) is 0 Å². The summed E-state index contributed by atoms with van der Waals surface area (Å²) in [6.07, 6.45) is 7.27. The van der Waals surface area contributed by atoms with Crippen LogP contribution in [0.5, 0.6) is 0 Å². The van der Waals surface area contributed by atoms with Crippen LogP contribution in [0.25, 0.3) is 0 Å². The minimum Gasteiger partial charge on any atom is -0.393 e. The first-order valence-electron chi connectivity index (χ1n) is 6.78. The maximum Gasteiger partial charge on any atom is 0.0623 e. The van der Waals surface area contributed by atoms with E-state index in [4.69, 9.17) is 4.74 Å². The van der Waals surface area contributed by atoms with Crippen LogP contribution in [-0.2, 0) is 4.74 Å². The largest absolute Gasteiger partial charge is 0.393 e. The third-order valence-corrected chi connectivity index (χ3v) is 4.76. The lowest BCUT2D eigenvalue weighted by molar-refractivity contribution is -0.000176. The Bertz CT molecular complexity index is 225. The molecule has 2 heteroatoms. The quantitative estimate of drug-likeness (QED) is 0.781. The highest BCUT2D eigenvalue weighted by Crippen LogP contribution is 2.57. The Hall–Kier alpha value is -0.0800. The van der Waals surface area contributed by atoms with Gasteiger partial charge in [-0.1, -0.05) is 12.8 Å². The molecule has 2 rings (SSSR count). The van der Waals surface area contributed by atoms with Gasteiger partial charge in [0.05, 0.1) is 11.7 Å². The Labute approximate surface area is 99.4 Å². The molecule has 0 bridgehead atoms. The van der Waals surface area contributed by atoms with Gasteiger partial charge in [-0.3, -0.25) is 0 Å². The van der Waals surface area contributed by atoms with Crippen LogP contribution in [0.15, 0.2) is 0 Å². The van der Waals surface area contributed by atoms with Gasteiger partial charge in [0.2, 0.25) is 0 Å². The zero-order valence-corrected chi connectivity index (χ0v) is 10.9. The standard InChI is InChI=1S/C14H26O2/c1-14(2,16-3)9-8-12(15)13-10-6-4-5-7-11(10)13/h10-13,15H,4-9H2,1-3H3. The van der Waals surface area contributed by atoms with Gasteiger partial charge in [-0.2, -0.15) is 0 Å². The fourth-order valence-electron chi connectivity index (χ4n) is 3.41. The number of ether oxygens (including phenoxy) is 1. The van der Waals surface area contributed by atoms with Gasteiger partial charge < -0.3 is 9.84 Å². The predicted octanol–water partition coefficient (Wildman–Crippen LogP) is 2.99. The normalized spacial score (nSPS) is 35.6. The molecule has 0 spiro atoms. The van der Waals surface area contributed by atoms with Crippen molar-refractivity contribution in [1.29, 1.82) is 0 Å². The topological polar surface area (TPSA) is 29.5 Å². The van der Waals surface area contributed by atoms with E-state index >= 15 is 0 Å². The molecule has 2 fully saturated rings. The minimum absolute atomic E-state index is 0.0810. The van der Waals surface area contributed by atoms with E-state index in [9.17, 15) is 5.11 Å². The van der Waals surface area contributed by atoms with E-state index in [0.717, 1.165) is 24.7 Å². The third-order valence-electron chi connectivity index (χ3n) is 4.76. The molecule has 3 atom stereocenters. The van der Waals surface area contributed by atoms with E-state index < -0.39 is 0 Å². The average Bonchev–Trinajstić information content (AvgIpc) is 3.00. The summed E-state index contributed by atoms with van der Waals surface area (Å²) in [5, 5.41) is 10.2. The van der Waals surface area contributed by atoms with E-state index in [1.165, 1.54) is 25.7 Å². The Kier molecular flexibility index (Phi) is 3.60. The van der Waals surface area contributed by atoms with Gasteiger partial charge in [-0.05, 0) is 57.3 Å². The summed E-state index contributed by atoms with van der Waals surface area (Å²) in [5.74, 6) is 2.33. The molecule has 2 aliphatic carbocycles. The Morgan fingerprint density at radius 3 is 2.31 bits per heavy atom. The first-order chi connectivity index (χ1) is 7.55. The number of aliphatic hydroxyl groups is 1. The van der Waals surface area contributed by atoms with E-state index in [1.54, 1.807) is 7.11 Å². The van der Waals surface area contributed by atoms with Gasteiger partial charge in [0.1, 0.15) is 0 Å². The lowest BCUT2D eigenvalue weighted by atomic mass is 9.97. The van der Waals surface area contributed by atoms with Crippen molar-refractivity contribution in [3.05, 3.63) is 0 Å². The molecule has 3 unspecified atom stereocenters. The molecule has 0 aromatic rings. The molecule has 2 aliphatic rings. The lowest BCUT2D eigenvalue weighted by Crippen LogP contribution is -2.25. The highest BCUT2D eigenvalue weighted by Gasteiger charge is 2.53. The monoisotopic (exact) mass is 226 g/mol. The van der Waals surface area contributed by atoms with Crippen LogP contribution in [0.3, 0.4) is 0 Å². The molecular formula is C14H26O2. The number of aliphatic hydroxyl groups excluding tert-OH is 1. The molecule has 0 heterocycles. The first kappa shape index (κ1) is 12.4. The Balaban J connectivity index is 1.75. The van der Waals surface area contributed by atoms with E-state index in [2.05, 4.69) is 13.8 Å². The molecule has 0 saturated heterocycles. The number of rotatable bonds is 5. The maximum absolute atomic E-state index is 10.2. The first-order valence-corrected chi connectivity index (χ1v) is 6.78. The molecule has 2 nitrogen and oxygen atoms in total. The molecule has 0 radical (unpaired) electrons. The minimum atomic E-state index is -0.0823. The van der Waals surface area contributed by atoms with Crippen molar-refractivity contribution in [2.75, 3.05) is 7.11 Å². The molecule has 16 heavy (non-hydrogen) atoms. The SMILES string of the molecule is COC(C)(C)CCC(O)C1C2CCCCC21. The van der Waals surface area contributed by atoms with Gasteiger partial charge in [0.15, 0.2) is 0 Å². The highest BCUT2D eigenvalue weighted by atomic mass is 16.5. The molecule has 0 aromatic carbocycles. The number of methoxy groups -OCH3 is 1. The molecule has 0 amide bonds. The second-order valence-corrected chi connectivity index (χ2v) is 6.26. The Morgan fingerprint density at radius 2 is 1.81 bits per heavy atom. The fourth-order valence-corrected chi connectivity index (χ4v) is 3.41. The van der Waals surface area contributed by atoms with Crippen molar-refractivity contribution >= 4 is 0 Å². The maximum atomic E-state index is 10.2. The molecule has 0 aromatic heterocycles. The predicted molar refractivity (Wildman–Crippen MR) is 65.3 cm³/mol. The van der Waals surface area contributed by atoms with Crippen LogP contribution < -0.4 is 0 Å². The van der Waals surface area contributed by atoms with Crippen molar-refractivity contribution in [2.45, 2.75) is 64.1 Å². The third kappa shape index (κ3) is 2.60. The summed E-state index contributed by atoms with van der Waals surface area (Å²) in [7, 11) is 1.75. The van der Waals surface area contributed by atoms with Gasteiger partial charge in [0, 0.05) is 7.11 Å². The smallest absolute Gasteiger partial charge is 0.0623 e. The van der Waals surface area contributed by atoms with E-state index in [-0.39, 0.29) is 11.7 Å². The lowest BCUT2D eigenvalue weighted by Gasteiger charge is -2.24. The molecule has 0 aliphatic heterocycles. The van der Waals surface area contributed by atoms with Gasteiger partial charge in [-0.25, -0.2) is 0 Å². The van der Waals surface area contributed by atoms with Crippen molar-refractivity contribution in [3.63, 3.8) is 0 Å². The molecule has 2 saturated carbocycles. The zero-order valence-electron chi connectivity index (χ0n) is 10.9. The number of fused-ring (bicyclic) bond motifs is 1. The molecule has 94 valence electrons. The van der Waals surface area contributed by atoms with Gasteiger partial charge in [0.25, 0.3) is 0 Å². The summed E-state index contributed by atoms with van der Waals surface area (Å²) < 4.78 is 5.40. The molecule has 1 N–H and O–H groups in total. The highest BCUT2D eigenvalue weighted by molar-refractivity contribution is 5.02. The summed E-state index contributed by atoms with van der Waals surface area (Å²) in [6.45, 7) is 4.19. The second kappa shape index (κ2) is 4.66. The summed E-state index contributed by atoms with van der Waals surface area (Å²) >= 11 is 0.